The maximum Gasteiger partial charge on any atom is 0.303 e. The number of allylic oxidation sites excluding steroid dienone is 12. The summed E-state index contributed by atoms with van der Waals surface area (Å²) in [6.07, 6.45) is 59.0. The molecule has 42 heavy (non-hydrogen) atoms. The van der Waals surface area contributed by atoms with Gasteiger partial charge in [0, 0.05) is 6.42 Å². The zero-order chi connectivity index (χ0) is 30.4. The van der Waals surface area contributed by atoms with E-state index in [1.807, 2.05) is 0 Å². The fourth-order valence-electron chi connectivity index (χ4n) is 5.01. The van der Waals surface area contributed by atoms with E-state index in [2.05, 4.69) is 79.8 Å². The molecule has 0 rings (SSSR count). The number of unbranched alkanes of at least 4 members (excludes halogenated alkanes) is 18. The van der Waals surface area contributed by atoms with Gasteiger partial charge in [0.05, 0.1) is 0 Å². The van der Waals surface area contributed by atoms with Gasteiger partial charge >= 0.3 is 5.97 Å². The van der Waals surface area contributed by atoms with E-state index >= 15 is 0 Å². The van der Waals surface area contributed by atoms with Crippen molar-refractivity contribution in [2.24, 2.45) is 0 Å². The third kappa shape index (κ3) is 37.9. The first-order valence-electron chi connectivity index (χ1n) is 17.9. The molecule has 0 aromatic carbocycles. The summed E-state index contributed by atoms with van der Waals surface area (Å²) in [6, 6.07) is 0. The van der Waals surface area contributed by atoms with E-state index in [1.165, 1.54) is 109 Å². The molecule has 0 aliphatic rings. The number of hydrogen-bond donors (Lipinski definition) is 1. The van der Waals surface area contributed by atoms with Crippen LogP contribution in [0.4, 0.5) is 0 Å². The summed E-state index contributed by atoms with van der Waals surface area (Å²) in [4.78, 5) is 10.5. The molecular formula is C40H68O2. The number of aliphatic carboxylic acids is 1. The van der Waals surface area contributed by atoms with Crippen LogP contribution in [0, 0.1) is 0 Å². The molecule has 0 aromatic heterocycles. The van der Waals surface area contributed by atoms with Gasteiger partial charge in [0.25, 0.3) is 0 Å². The second kappa shape index (κ2) is 36.9. The molecule has 2 heteroatoms. The monoisotopic (exact) mass is 581 g/mol. The molecule has 0 amide bonds. The number of rotatable bonds is 32. The normalized spacial score (nSPS) is 12.6. The molecule has 0 aromatic rings. The Bertz CT molecular complexity index is 722. The molecule has 0 atom stereocenters. The highest BCUT2D eigenvalue weighted by atomic mass is 16.4. The van der Waals surface area contributed by atoms with Crippen LogP contribution in [-0.2, 0) is 4.79 Å². The molecule has 0 fully saturated rings. The summed E-state index contributed by atoms with van der Waals surface area (Å²) in [5, 5.41) is 8.63. The van der Waals surface area contributed by atoms with E-state index in [0.29, 0.717) is 6.42 Å². The topological polar surface area (TPSA) is 37.3 Å². The van der Waals surface area contributed by atoms with Gasteiger partial charge in [-0.15, -0.1) is 0 Å². The van der Waals surface area contributed by atoms with Gasteiger partial charge in [-0.25, -0.2) is 0 Å². The van der Waals surface area contributed by atoms with Crippen LogP contribution in [0.5, 0.6) is 0 Å². The summed E-state index contributed by atoms with van der Waals surface area (Å²) in [5.41, 5.74) is 0. The second-order valence-corrected chi connectivity index (χ2v) is 11.7. The van der Waals surface area contributed by atoms with Gasteiger partial charge in [-0.2, -0.15) is 0 Å². The third-order valence-electron chi connectivity index (χ3n) is 7.61. The Hall–Kier alpha value is -2.09. The first-order chi connectivity index (χ1) is 20.8. The molecule has 0 heterocycles. The van der Waals surface area contributed by atoms with Crippen LogP contribution in [0.2, 0.25) is 0 Å². The standard InChI is InChI=1S/C40H68O2/c1-2-3-4-5-6-7-8-9-10-11-12-13-14-15-16-17-18-19-20-21-22-23-24-25-26-27-28-29-30-31-32-33-34-35-36-37-38-39-40(41)42/h3-4,6-7,9-10,12-13,15-16,18-19H,2,5,8,11,14,17,20-39H2,1H3,(H,41,42)/b4-3-,7-6-,10-9-,13-12-,16-15-,19-18-. The van der Waals surface area contributed by atoms with Gasteiger partial charge in [0.2, 0.25) is 0 Å². The average Bonchev–Trinajstić information content (AvgIpc) is 2.98. The van der Waals surface area contributed by atoms with Crippen LogP contribution >= 0.6 is 0 Å². The largest absolute Gasteiger partial charge is 0.481 e. The van der Waals surface area contributed by atoms with Gasteiger partial charge in [0.1, 0.15) is 0 Å². The Labute approximate surface area is 262 Å². The Morgan fingerprint density at radius 3 is 0.952 bits per heavy atom. The van der Waals surface area contributed by atoms with Gasteiger partial charge in [0.15, 0.2) is 0 Å². The van der Waals surface area contributed by atoms with Gasteiger partial charge in [-0.3, -0.25) is 4.79 Å². The first-order valence-corrected chi connectivity index (χ1v) is 17.9. The van der Waals surface area contributed by atoms with Crippen molar-refractivity contribution in [2.45, 2.75) is 174 Å². The zero-order valence-electron chi connectivity index (χ0n) is 27.7. The molecule has 240 valence electrons. The van der Waals surface area contributed by atoms with Crippen LogP contribution in [0.15, 0.2) is 72.9 Å². The lowest BCUT2D eigenvalue weighted by Crippen LogP contribution is -1.93. The quantitative estimate of drug-likeness (QED) is 0.0634. The van der Waals surface area contributed by atoms with Crippen LogP contribution in [0.3, 0.4) is 0 Å². The minimum atomic E-state index is -0.654. The smallest absolute Gasteiger partial charge is 0.303 e. The lowest BCUT2D eigenvalue weighted by atomic mass is 10.0. The number of carboxylic acids is 1. The summed E-state index contributed by atoms with van der Waals surface area (Å²) in [5.74, 6) is -0.654. The van der Waals surface area contributed by atoms with E-state index in [1.54, 1.807) is 0 Å². The zero-order valence-corrected chi connectivity index (χ0v) is 27.7. The van der Waals surface area contributed by atoms with Crippen molar-refractivity contribution in [3.63, 3.8) is 0 Å². The van der Waals surface area contributed by atoms with E-state index in [9.17, 15) is 4.79 Å². The minimum absolute atomic E-state index is 0.339. The van der Waals surface area contributed by atoms with Crippen LogP contribution < -0.4 is 0 Å². The fraction of sp³-hybridized carbons (Fsp3) is 0.675. The predicted octanol–water partition coefficient (Wildman–Crippen LogP) is 13.6. The summed E-state index contributed by atoms with van der Waals surface area (Å²) in [6.45, 7) is 2.17. The Morgan fingerprint density at radius 2 is 0.643 bits per heavy atom. The van der Waals surface area contributed by atoms with Crippen LogP contribution in [-0.4, -0.2) is 11.1 Å². The summed E-state index contributed by atoms with van der Waals surface area (Å²) < 4.78 is 0. The number of carbonyl (C=O) groups is 1. The number of hydrogen-bond acceptors (Lipinski definition) is 1. The van der Waals surface area contributed by atoms with E-state index < -0.39 is 5.97 Å². The van der Waals surface area contributed by atoms with Gasteiger partial charge in [-0.05, 0) is 57.8 Å². The molecule has 0 radical (unpaired) electrons. The Kier molecular flexibility index (Phi) is 35.1. The Balaban J connectivity index is 3.27. The maximum absolute atomic E-state index is 10.5. The van der Waals surface area contributed by atoms with Gasteiger partial charge < -0.3 is 5.11 Å². The van der Waals surface area contributed by atoms with Crippen molar-refractivity contribution in [2.75, 3.05) is 0 Å². The van der Waals surface area contributed by atoms with E-state index in [-0.39, 0.29) is 0 Å². The highest BCUT2D eigenvalue weighted by Crippen LogP contribution is 2.15. The SMILES string of the molecule is CC/C=C\C/C=C\C/C=C\C/C=C\C/C=C\C/C=C\CCCCCCCCCCCCCCCCCCCCC(=O)O. The minimum Gasteiger partial charge on any atom is -0.481 e. The predicted molar refractivity (Wildman–Crippen MR) is 188 cm³/mol. The lowest BCUT2D eigenvalue weighted by Gasteiger charge is -2.04. The van der Waals surface area contributed by atoms with Crippen molar-refractivity contribution < 1.29 is 9.90 Å². The molecule has 0 saturated carbocycles. The van der Waals surface area contributed by atoms with Crippen molar-refractivity contribution in [1.82, 2.24) is 0 Å². The van der Waals surface area contributed by atoms with Crippen LogP contribution in [0.1, 0.15) is 174 Å². The highest BCUT2D eigenvalue weighted by Gasteiger charge is 1.97. The second-order valence-electron chi connectivity index (χ2n) is 11.7. The van der Waals surface area contributed by atoms with E-state index in [4.69, 9.17) is 5.11 Å². The molecule has 0 unspecified atom stereocenters. The fourth-order valence-corrected chi connectivity index (χ4v) is 5.01. The van der Waals surface area contributed by atoms with Crippen molar-refractivity contribution in [1.29, 1.82) is 0 Å². The van der Waals surface area contributed by atoms with Crippen molar-refractivity contribution >= 4 is 5.97 Å². The molecule has 2 nitrogen and oxygen atoms in total. The molecule has 0 saturated heterocycles. The Morgan fingerprint density at radius 1 is 0.381 bits per heavy atom. The molecule has 0 aliphatic heterocycles. The highest BCUT2D eigenvalue weighted by molar-refractivity contribution is 5.66. The molecule has 1 N–H and O–H groups in total. The van der Waals surface area contributed by atoms with Gasteiger partial charge in [-0.1, -0.05) is 183 Å². The average molecular weight is 581 g/mol. The summed E-state index contributed by atoms with van der Waals surface area (Å²) in [7, 11) is 0. The molecule has 0 aliphatic carbocycles. The lowest BCUT2D eigenvalue weighted by molar-refractivity contribution is -0.137. The molecule has 0 spiro atoms. The third-order valence-corrected chi connectivity index (χ3v) is 7.61. The first kappa shape index (κ1) is 39.9. The van der Waals surface area contributed by atoms with E-state index in [0.717, 1.165) is 51.4 Å². The van der Waals surface area contributed by atoms with Crippen molar-refractivity contribution in [3.05, 3.63) is 72.9 Å². The van der Waals surface area contributed by atoms with Crippen LogP contribution in [0.25, 0.3) is 0 Å². The molecular weight excluding hydrogens is 512 g/mol. The molecule has 0 bridgehead atoms. The number of carboxylic acid groups (broad SMARTS) is 1. The van der Waals surface area contributed by atoms with Crippen molar-refractivity contribution in [3.8, 4) is 0 Å². The summed E-state index contributed by atoms with van der Waals surface area (Å²) >= 11 is 0. The maximum atomic E-state index is 10.5.